The Morgan fingerprint density at radius 3 is 2.49 bits per heavy atom. The van der Waals surface area contributed by atoms with Crippen LogP contribution in [0, 0.1) is 0 Å². The first-order valence-corrected chi connectivity index (χ1v) is 11.9. The quantitative estimate of drug-likeness (QED) is 0.216. The SMILES string of the molecule is O=C1S/C(=C\c2cc(N=Nc3cccc4ccccc34)ccc2O)C(=O)N1c1ccc(Cl)c(Cl)c1. The number of rotatable bonds is 4. The third-order valence-corrected chi connectivity index (χ3v) is 6.90. The van der Waals surface area contributed by atoms with Crippen molar-refractivity contribution < 1.29 is 14.7 Å². The van der Waals surface area contributed by atoms with Gasteiger partial charge in [0.2, 0.25) is 0 Å². The van der Waals surface area contributed by atoms with E-state index in [1.54, 1.807) is 18.2 Å². The van der Waals surface area contributed by atoms with Crippen LogP contribution in [-0.4, -0.2) is 16.3 Å². The number of halogens is 2. The van der Waals surface area contributed by atoms with E-state index in [0.717, 1.165) is 27.4 Å². The Kier molecular flexibility index (Phi) is 6.30. The Bertz CT molecular complexity index is 1560. The maximum absolute atomic E-state index is 13.0. The van der Waals surface area contributed by atoms with Gasteiger partial charge in [-0.1, -0.05) is 59.6 Å². The van der Waals surface area contributed by atoms with Gasteiger partial charge in [-0.05, 0) is 65.7 Å². The van der Waals surface area contributed by atoms with Gasteiger partial charge in [-0.25, -0.2) is 4.90 Å². The number of hydrogen-bond donors (Lipinski definition) is 1. The van der Waals surface area contributed by atoms with Crippen LogP contribution in [0.4, 0.5) is 21.9 Å². The molecule has 0 bridgehead atoms. The number of imide groups is 1. The third kappa shape index (κ3) is 4.66. The molecule has 0 saturated carbocycles. The highest BCUT2D eigenvalue weighted by atomic mass is 35.5. The largest absolute Gasteiger partial charge is 0.507 e. The van der Waals surface area contributed by atoms with Gasteiger partial charge in [-0.15, -0.1) is 5.11 Å². The van der Waals surface area contributed by atoms with Crippen LogP contribution in [0.5, 0.6) is 5.75 Å². The number of thioether (sulfide) groups is 1. The first kappa shape index (κ1) is 23.1. The number of aromatic hydroxyl groups is 1. The second-order valence-electron chi connectivity index (χ2n) is 7.56. The molecule has 1 aliphatic heterocycles. The fourth-order valence-electron chi connectivity index (χ4n) is 3.58. The number of nitrogens with zero attached hydrogens (tertiary/aromatic N) is 3. The fraction of sp³-hybridized carbons (Fsp3) is 0. The van der Waals surface area contributed by atoms with Gasteiger partial charge in [0.15, 0.2) is 0 Å². The summed E-state index contributed by atoms with van der Waals surface area (Å²) in [6.45, 7) is 0. The van der Waals surface area contributed by atoms with Crippen LogP contribution in [0.3, 0.4) is 0 Å². The molecule has 0 spiro atoms. The summed E-state index contributed by atoms with van der Waals surface area (Å²) in [6.07, 6.45) is 1.45. The first-order chi connectivity index (χ1) is 16.9. The van der Waals surface area contributed by atoms with Crippen LogP contribution >= 0.6 is 35.0 Å². The number of phenolic OH excluding ortho intramolecular Hbond substituents is 1. The molecule has 4 aromatic carbocycles. The molecule has 0 unspecified atom stereocenters. The number of hydrogen-bond acceptors (Lipinski definition) is 6. The van der Waals surface area contributed by atoms with E-state index in [1.807, 2.05) is 42.5 Å². The number of amides is 2. The summed E-state index contributed by atoms with van der Waals surface area (Å²) >= 11 is 12.7. The fourth-order valence-corrected chi connectivity index (χ4v) is 4.71. The van der Waals surface area contributed by atoms with Crippen molar-refractivity contribution in [2.45, 2.75) is 0 Å². The molecule has 2 amide bonds. The maximum atomic E-state index is 13.0. The van der Waals surface area contributed by atoms with E-state index in [-0.39, 0.29) is 15.7 Å². The summed E-state index contributed by atoms with van der Waals surface area (Å²) in [5, 5.41) is 21.1. The monoisotopic (exact) mass is 519 g/mol. The maximum Gasteiger partial charge on any atom is 0.298 e. The van der Waals surface area contributed by atoms with Gasteiger partial charge < -0.3 is 5.11 Å². The van der Waals surface area contributed by atoms with Gasteiger partial charge in [0.1, 0.15) is 5.75 Å². The van der Waals surface area contributed by atoms with Crippen LogP contribution in [0.15, 0.2) is 94.0 Å². The van der Waals surface area contributed by atoms with Crippen LogP contribution in [-0.2, 0) is 4.79 Å². The standard InChI is InChI=1S/C26H15Cl2N3O3S/c27-20-10-9-18(14-21(20)28)31-25(33)24(35-26(31)34)13-16-12-17(8-11-23(16)32)29-30-22-7-3-5-15-4-1-2-6-19(15)22/h1-14,32H/b24-13-,30-29?. The van der Waals surface area contributed by atoms with Gasteiger partial charge in [0.05, 0.1) is 32.0 Å². The van der Waals surface area contributed by atoms with E-state index in [1.165, 1.54) is 24.3 Å². The summed E-state index contributed by atoms with van der Waals surface area (Å²) in [5.41, 5.74) is 1.83. The Hall–Kier alpha value is -3.65. The molecular weight excluding hydrogens is 505 g/mol. The summed E-state index contributed by atoms with van der Waals surface area (Å²) < 4.78 is 0. The van der Waals surface area contributed by atoms with Gasteiger partial charge in [0.25, 0.3) is 11.1 Å². The lowest BCUT2D eigenvalue weighted by Crippen LogP contribution is -2.27. The van der Waals surface area contributed by atoms with Gasteiger partial charge >= 0.3 is 0 Å². The molecule has 0 aromatic heterocycles. The second kappa shape index (κ2) is 9.54. The minimum absolute atomic E-state index is 0.0598. The zero-order valence-corrected chi connectivity index (χ0v) is 20.2. The van der Waals surface area contributed by atoms with Crippen molar-refractivity contribution in [1.29, 1.82) is 0 Å². The summed E-state index contributed by atoms with van der Waals surface area (Å²) in [4.78, 5) is 26.7. The zero-order valence-electron chi connectivity index (χ0n) is 17.9. The molecule has 4 aromatic rings. The molecule has 1 heterocycles. The minimum Gasteiger partial charge on any atom is -0.507 e. The highest BCUT2D eigenvalue weighted by molar-refractivity contribution is 8.19. The number of carbonyl (C=O) groups excluding carboxylic acids is 2. The van der Waals surface area contributed by atoms with Crippen molar-refractivity contribution in [1.82, 2.24) is 0 Å². The van der Waals surface area contributed by atoms with E-state index in [0.29, 0.717) is 27.6 Å². The van der Waals surface area contributed by atoms with E-state index < -0.39 is 11.1 Å². The Morgan fingerprint density at radius 2 is 1.66 bits per heavy atom. The Labute approximate surface area is 214 Å². The molecule has 6 nitrogen and oxygen atoms in total. The zero-order chi connectivity index (χ0) is 24.5. The van der Waals surface area contributed by atoms with Crippen molar-refractivity contribution in [3.63, 3.8) is 0 Å². The number of carbonyl (C=O) groups is 2. The number of azo groups is 1. The van der Waals surface area contributed by atoms with Crippen molar-refractivity contribution >= 4 is 80.0 Å². The molecule has 1 N–H and O–H groups in total. The van der Waals surface area contributed by atoms with Gasteiger partial charge in [-0.2, -0.15) is 5.11 Å². The average molecular weight is 520 g/mol. The lowest BCUT2D eigenvalue weighted by atomic mass is 10.1. The van der Waals surface area contributed by atoms with Crippen molar-refractivity contribution in [3.8, 4) is 5.75 Å². The second-order valence-corrected chi connectivity index (χ2v) is 9.36. The highest BCUT2D eigenvalue weighted by Crippen LogP contribution is 2.39. The Morgan fingerprint density at radius 1 is 0.857 bits per heavy atom. The molecule has 1 fully saturated rings. The molecule has 5 rings (SSSR count). The average Bonchev–Trinajstić information content (AvgIpc) is 3.13. The van der Waals surface area contributed by atoms with Crippen LogP contribution < -0.4 is 4.90 Å². The van der Waals surface area contributed by atoms with Crippen molar-refractivity contribution in [2.75, 3.05) is 4.90 Å². The van der Waals surface area contributed by atoms with Crippen LogP contribution in [0.25, 0.3) is 16.8 Å². The third-order valence-electron chi connectivity index (χ3n) is 5.29. The van der Waals surface area contributed by atoms with Crippen molar-refractivity contribution in [2.24, 2.45) is 10.2 Å². The molecule has 0 atom stereocenters. The van der Waals surface area contributed by atoms with E-state index in [2.05, 4.69) is 10.2 Å². The minimum atomic E-state index is -0.527. The lowest BCUT2D eigenvalue weighted by molar-refractivity contribution is -0.113. The van der Waals surface area contributed by atoms with E-state index in [4.69, 9.17) is 23.2 Å². The van der Waals surface area contributed by atoms with Crippen LogP contribution in [0.1, 0.15) is 5.56 Å². The van der Waals surface area contributed by atoms with Crippen molar-refractivity contribution in [3.05, 3.63) is 99.4 Å². The van der Waals surface area contributed by atoms with Gasteiger partial charge in [0, 0.05) is 10.9 Å². The molecule has 35 heavy (non-hydrogen) atoms. The smallest absolute Gasteiger partial charge is 0.298 e. The van der Waals surface area contributed by atoms with Gasteiger partial charge in [-0.3, -0.25) is 9.59 Å². The summed E-state index contributed by atoms with van der Waals surface area (Å²) in [5.74, 6) is -0.587. The molecular formula is C26H15Cl2N3O3S. The first-order valence-electron chi connectivity index (χ1n) is 10.4. The number of benzene rings is 4. The predicted octanol–water partition coefficient (Wildman–Crippen LogP) is 8.51. The van der Waals surface area contributed by atoms with E-state index in [9.17, 15) is 14.7 Å². The lowest BCUT2D eigenvalue weighted by Gasteiger charge is -2.13. The highest BCUT2D eigenvalue weighted by Gasteiger charge is 2.36. The summed E-state index contributed by atoms with van der Waals surface area (Å²) in [7, 11) is 0. The molecule has 1 aliphatic rings. The molecule has 1 saturated heterocycles. The summed E-state index contributed by atoms with van der Waals surface area (Å²) in [6, 6.07) is 22.8. The molecule has 9 heteroatoms. The molecule has 172 valence electrons. The normalized spacial score (nSPS) is 15.1. The van der Waals surface area contributed by atoms with E-state index >= 15 is 0 Å². The molecule has 0 aliphatic carbocycles. The number of fused-ring (bicyclic) bond motifs is 1. The number of phenols is 1. The number of anilines is 1. The van der Waals surface area contributed by atoms with Crippen LogP contribution in [0.2, 0.25) is 10.0 Å². The predicted molar refractivity (Wildman–Crippen MR) is 141 cm³/mol. The topological polar surface area (TPSA) is 82.3 Å². The molecule has 0 radical (unpaired) electrons. The Balaban J connectivity index is 1.44.